The highest BCUT2D eigenvalue weighted by Crippen LogP contribution is 2.00. The number of imidazole rings is 1. The molecule has 2 heterocycles. The summed E-state index contributed by atoms with van der Waals surface area (Å²) in [5, 5.41) is 7.95. The molecule has 0 atom stereocenters. The molecular formula is C12H11N5O. The van der Waals surface area contributed by atoms with Crippen LogP contribution in [0.25, 0.3) is 11.2 Å². The highest BCUT2D eigenvalue weighted by atomic mass is 16.7. The molecule has 0 aliphatic rings. The predicted octanol–water partition coefficient (Wildman–Crippen LogP) is 0.868. The average Bonchev–Trinajstić information content (AvgIpc) is 2.88. The van der Waals surface area contributed by atoms with E-state index >= 15 is 0 Å². The topological polar surface area (TPSA) is 79.6 Å². The Morgan fingerprint density at radius 2 is 2.06 bits per heavy atom. The van der Waals surface area contributed by atoms with Crippen LogP contribution < -0.4 is 10.3 Å². The number of nitrogens with zero attached hydrogens (tertiary/aromatic N) is 3. The Kier molecular flexibility index (Phi) is 2.53. The molecule has 3 rings (SSSR count). The van der Waals surface area contributed by atoms with Gasteiger partial charge >= 0.3 is 0 Å². The van der Waals surface area contributed by atoms with E-state index in [0.717, 1.165) is 5.56 Å². The Morgan fingerprint density at radius 1 is 1.22 bits per heavy atom. The van der Waals surface area contributed by atoms with Gasteiger partial charge < -0.3 is 9.82 Å². The lowest BCUT2D eigenvalue weighted by Gasteiger charge is -2.08. The number of aromatic amines is 1. The van der Waals surface area contributed by atoms with Gasteiger partial charge in [0.1, 0.15) is 18.5 Å². The molecule has 0 saturated carbocycles. The summed E-state index contributed by atoms with van der Waals surface area (Å²) in [6.45, 7) is 0.388. The van der Waals surface area contributed by atoms with Gasteiger partial charge in [0.05, 0.1) is 6.33 Å². The molecule has 2 aromatic heterocycles. The second kappa shape index (κ2) is 4.33. The second-order valence-corrected chi connectivity index (χ2v) is 3.78. The Labute approximate surface area is 102 Å². The third-order valence-corrected chi connectivity index (χ3v) is 2.57. The molecule has 0 bridgehead atoms. The van der Waals surface area contributed by atoms with Crippen molar-refractivity contribution in [3.63, 3.8) is 0 Å². The third-order valence-electron chi connectivity index (χ3n) is 2.57. The van der Waals surface area contributed by atoms with Gasteiger partial charge in [0.15, 0.2) is 11.1 Å². The number of aromatic nitrogens is 4. The first-order chi connectivity index (χ1) is 8.84. The van der Waals surface area contributed by atoms with Gasteiger partial charge in [0, 0.05) is 0 Å². The Bertz CT molecular complexity index is 716. The minimum atomic E-state index is 0.202. The van der Waals surface area contributed by atoms with Crippen LogP contribution in [0.2, 0.25) is 0 Å². The monoisotopic (exact) mass is 241 g/mol. The molecule has 0 spiro atoms. The van der Waals surface area contributed by atoms with E-state index < -0.39 is 0 Å². The minimum Gasteiger partial charge on any atom is -0.406 e. The van der Waals surface area contributed by atoms with Crippen molar-refractivity contribution in [1.29, 1.82) is 5.41 Å². The lowest BCUT2D eigenvalue weighted by Crippen LogP contribution is -2.27. The summed E-state index contributed by atoms with van der Waals surface area (Å²) in [4.78, 5) is 16.5. The van der Waals surface area contributed by atoms with E-state index in [1.807, 2.05) is 30.3 Å². The zero-order valence-electron chi connectivity index (χ0n) is 9.50. The molecule has 0 fully saturated rings. The molecule has 0 unspecified atom stereocenters. The number of hydrogen-bond donors (Lipinski definition) is 2. The van der Waals surface area contributed by atoms with Gasteiger partial charge in [-0.05, 0) is 5.56 Å². The largest absolute Gasteiger partial charge is 0.406 e. The molecule has 6 heteroatoms. The molecule has 6 nitrogen and oxygen atoms in total. The molecule has 18 heavy (non-hydrogen) atoms. The zero-order chi connectivity index (χ0) is 12.4. The minimum absolute atomic E-state index is 0.202. The van der Waals surface area contributed by atoms with Crippen LogP contribution in [0, 0.1) is 5.41 Å². The van der Waals surface area contributed by atoms with E-state index in [0.29, 0.717) is 17.8 Å². The van der Waals surface area contributed by atoms with E-state index in [4.69, 9.17) is 10.2 Å². The van der Waals surface area contributed by atoms with E-state index in [9.17, 15) is 0 Å². The van der Waals surface area contributed by atoms with Crippen LogP contribution in [0.4, 0.5) is 0 Å². The molecule has 2 N–H and O–H groups in total. The summed E-state index contributed by atoms with van der Waals surface area (Å²) in [5.41, 5.74) is 2.31. The lowest BCUT2D eigenvalue weighted by molar-refractivity contribution is 0.0850. The third kappa shape index (κ3) is 1.84. The van der Waals surface area contributed by atoms with E-state index in [1.165, 1.54) is 17.4 Å². The Morgan fingerprint density at radius 3 is 2.89 bits per heavy atom. The maximum absolute atomic E-state index is 7.95. The van der Waals surface area contributed by atoms with Crippen molar-refractivity contribution in [2.45, 2.75) is 6.61 Å². The van der Waals surface area contributed by atoms with Gasteiger partial charge in [-0.15, -0.1) is 0 Å². The van der Waals surface area contributed by atoms with Gasteiger partial charge in [-0.1, -0.05) is 30.3 Å². The number of fused-ring (bicyclic) bond motifs is 1. The van der Waals surface area contributed by atoms with Crippen molar-refractivity contribution in [3.05, 3.63) is 54.0 Å². The summed E-state index contributed by atoms with van der Waals surface area (Å²) in [5.74, 6) is 0. The summed E-state index contributed by atoms with van der Waals surface area (Å²) in [6.07, 6.45) is 2.96. The van der Waals surface area contributed by atoms with Crippen molar-refractivity contribution in [3.8, 4) is 0 Å². The predicted molar refractivity (Wildman–Crippen MR) is 64.5 cm³/mol. The maximum Gasteiger partial charge on any atom is 0.190 e. The zero-order valence-corrected chi connectivity index (χ0v) is 9.50. The molecule has 90 valence electrons. The molecule has 0 amide bonds. The van der Waals surface area contributed by atoms with Crippen LogP contribution in [0.1, 0.15) is 5.56 Å². The lowest BCUT2D eigenvalue weighted by atomic mass is 10.2. The van der Waals surface area contributed by atoms with Crippen LogP contribution in [-0.2, 0) is 6.61 Å². The fourth-order valence-corrected chi connectivity index (χ4v) is 1.65. The molecule has 0 radical (unpaired) electrons. The fourth-order valence-electron chi connectivity index (χ4n) is 1.65. The maximum atomic E-state index is 7.95. The van der Waals surface area contributed by atoms with Gasteiger partial charge in [-0.3, -0.25) is 5.41 Å². The molecule has 0 saturated heterocycles. The summed E-state index contributed by atoms with van der Waals surface area (Å²) >= 11 is 0. The first kappa shape index (κ1) is 10.5. The van der Waals surface area contributed by atoms with E-state index in [1.54, 1.807) is 0 Å². The number of H-pyrrole nitrogens is 1. The van der Waals surface area contributed by atoms with Gasteiger partial charge in [-0.25, -0.2) is 9.97 Å². The average molecular weight is 241 g/mol. The van der Waals surface area contributed by atoms with Gasteiger partial charge in [0.25, 0.3) is 0 Å². The van der Waals surface area contributed by atoms with Crippen molar-refractivity contribution >= 4 is 11.2 Å². The standard InChI is InChI=1S/C12H11N5O/c13-11-10-12(15-7-14-10)16-8-17(11)18-6-9-4-2-1-3-5-9/h1-5,7-8,13H,6H2,(H,14,15). The number of nitrogens with one attached hydrogen (secondary N) is 2. The molecule has 0 aliphatic heterocycles. The number of hydrogen-bond acceptors (Lipinski definition) is 4. The summed E-state index contributed by atoms with van der Waals surface area (Å²) < 4.78 is 1.33. The van der Waals surface area contributed by atoms with Crippen molar-refractivity contribution in [2.75, 3.05) is 0 Å². The fraction of sp³-hybridized carbons (Fsp3) is 0.0833. The number of benzene rings is 1. The molecule has 0 aliphatic carbocycles. The quantitative estimate of drug-likeness (QED) is 0.714. The summed E-state index contributed by atoms with van der Waals surface area (Å²) in [6, 6.07) is 9.77. The van der Waals surface area contributed by atoms with Crippen LogP contribution in [0.15, 0.2) is 43.0 Å². The van der Waals surface area contributed by atoms with E-state index in [2.05, 4.69) is 15.0 Å². The first-order valence-electron chi connectivity index (χ1n) is 5.47. The first-order valence-corrected chi connectivity index (χ1v) is 5.47. The van der Waals surface area contributed by atoms with Gasteiger partial charge in [-0.2, -0.15) is 4.73 Å². The summed E-state index contributed by atoms with van der Waals surface area (Å²) in [7, 11) is 0. The van der Waals surface area contributed by atoms with Crippen molar-refractivity contribution in [1.82, 2.24) is 19.7 Å². The van der Waals surface area contributed by atoms with Crippen LogP contribution in [0.3, 0.4) is 0 Å². The second-order valence-electron chi connectivity index (χ2n) is 3.78. The van der Waals surface area contributed by atoms with Crippen molar-refractivity contribution in [2.24, 2.45) is 0 Å². The smallest absolute Gasteiger partial charge is 0.190 e. The normalized spacial score (nSPS) is 10.7. The van der Waals surface area contributed by atoms with Crippen molar-refractivity contribution < 1.29 is 4.84 Å². The molecule has 1 aromatic carbocycles. The molecule has 3 aromatic rings. The van der Waals surface area contributed by atoms with Gasteiger partial charge in [0.2, 0.25) is 0 Å². The Hall–Kier alpha value is -2.63. The SMILES string of the molecule is N=c1c2[nH]cnc2ncn1OCc1ccccc1. The van der Waals surface area contributed by atoms with Crippen LogP contribution in [0.5, 0.6) is 0 Å². The molecular weight excluding hydrogens is 230 g/mol. The van der Waals surface area contributed by atoms with Crippen LogP contribution >= 0.6 is 0 Å². The Balaban J connectivity index is 1.87. The number of rotatable bonds is 3. The highest BCUT2D eigenvalue weighted by Gasteiger charge is 2.03. The van der Waals surface area contributed by atoms with E-state index in [-0.39, 0.29) is 5.49 Å². The van der Waals surface area contributed by atoms with Crippen LogP contribution in [-0.4, -0.2) is 19.7 Å². The highest BCUT2D eigenvalue weighted by molar-refractivity contribution is 5.67.